The summed E-state index contributed by atoms with van der Waals surface area (Å²) in [6.45, 7) is 12.7. The maximum absolute atomic E-state index is 5.72. The van der Waals surface area contributed by atoms with Crippen molar-refractivity contribution in [2.75, 3.05) is 46.3 Å². The van der Waals surface area contributed by atoms with Gasteiger partial charge in [-0.3, -0.25) is 14.8 Å². The van der Waals surface area contributed by atoms with Gasteiger partial charge in [0, 0.05) is 32.7 Å². The third-order valence-electron chi connectivity index (χ3n) is 5.22. The molecule has 1 fully saturated rings. The van der Waals surface area contributed by atoms with Gasteiger partial charge in [0.05, 0.1) is 12.3 Å². The van der Waals surface area contributed by atoms with E-state index in [0.717, 1.165) is 51.0 Å². The molecule has 1 aromatic rings. The van der Waals surface area contributed by atoms with Crippen LogP contribution >= 0.6 is 0 Å². The SMILES string of the molecule is CCN(CCNC(=NC)NCC(c1ccco1)N1CCCCC1)C(C)C. The number of likely N-dealkylation sites (tertiary alicyclic amines) is 1. The van der Waals surface area contributed by atoms with Gasteiger partial charge < -0.3 is 15.1 Å². The minimum Gasteiger partial charge on any atom is -0.468 e. The summed E-state index contributed by atoms with van der Waals surface area (Å²) in [4.78, 5) is 9.35. The van der Waals surface area contributed by atoms with Gasteiger partial charge in [0.1, 0.15) is 5.76 Å². The molecule has 148 valence electrons. The Labute approximate surface area is 159 Å². The third kappa shape index (κ3) is 6.32. The second kappa shape index (κ2) is 11.2. The number of furan rings is 1. The van der Waals surface area contributed by atoms with Gasteiger partial charge in [-0.15, -0.1) is 0 Å². The summed E-state index contributed by atoms with van der Waals surface area (Å²) >= 11 is 0. The molecule has 1 unspecified atom stereocenters. The Morgan fingerprint density at radius 1 is 1.27 bits per heavy atom. The van der Waals surface area contributed by atoms with Crippen LogP contribution in [0.3, 0.4) is 0 Å². The Morgan fingerprint density at radius 3 is 2.62 bits per heavy atom. The van der Waals surface area contributed by atoms with Gasteiger partial charge >= 0.3 is 0 Å². The lowest BCUT2D eigenvalue weighted by Gasteiger charge is -2.33. The highest BCUT2D eigenvalue weighted by Crippen LogP contribution is 2.24. The fraction of sp³-hybridized carbons (Fsp3) is 0.750. The predicted octanol–water partition coefficient (Wildman–Crippen LogP) is 2.70. The zero-order valence-corrected chi connectivity index (χ0v) is 17.0. The molecule has 2 rings (SSSR count). The van der Waals surface area contributed by atoms with Gasteiger partial charge in [-0.05, 0) is 58.5 Å². The van der Waals surface area contributed by atoms with Crippen LogP contribution in [0.4, 0.5) is 0 Å². The number of hydrogen-bond donors (Lipinski definition) is 2. The van der Waals surface area contributed by atoms with E-state index in [1.807, 2.05) is 13.1 Å². The molecular weight excluding hydrogens is 326 g/mol. The lowest BCUT2D eigenvalue weighted by atomic mass is 10.1. The van der Waals surface area contributed by atoms with E-state index < -0.39 is 0 Å². The second-order valence-corrected chi connectivity index (χ2v) is 7.23. The summed E-state index contributed by atoms with van der Waals surface area (Å²) < 4.78 is 5.72. The van der Waals surface area contributed by atoms with Crippen molar-refractivity contribution in [1.82, 2.24) is 20.4 Å². The highest BCUT2D eigenvalue weighted by molar-refractivity contribution is 5.79. The van der Waals surface area contributed by atoms with Crippen LogP contribution in [0, 0.1) is 0 Å². The summed E-state index contributed by atoms with van der Waals surface area (Å²) in [6, 6.07) is 4.88. The number of guanidine groups is 1. The van der Waals surface area contributed by atoms with Crippen molar-refractivity contribution in [2.45, 2.75) is 52.1 Å². The van der Waals surface area contributed by atoms with Gasteiger partial charge in [0.25, 0.3) is 0 Å². The Hall–Kier alpha value is -1.53. The van der Waals surface area contributed by atoms with E-state index in [9.17, 15) is 0 Å². The molecule has 0 aliphatic carbocycles. The van der Waals surface area contributed by atoms with E-state index in [0.29, 0.717) is 6.04 Å². The van der Waals surface area contributed by atoms with Crippen LogP contribution in [0.25, 0.3) is 0 Å². The van der Waals surface area contributed by atoms with Gasteiger partial charge in [-0.2, -0.15) is 0 Å². The van der Waals surface area contributed by atoms with Gasteiger partial charge in [-0.1, -0.05) is 13.3 Å². The largest absolute Gasteiger partial charge is 0.468 e. The smallest absolute Gasteiger partial charge is 0.191 e. The Kier molecular flexibility index (Phi) is 8.98. The number of nitrogens with zero attached hydrogens (tertiary/aromatic N) is 3. The van der Waals surface area contributed by atoms with Crippen LogP contribution in [0.5, 0.6) is 0 Å². The molecule has 1 aliphatic rings. The molecule has 2 N–H and O–H groups in total. The lowest BCUT2D eigenvalue weighted by molar-refractivity contribution is 0.146. The molecule has 0 saturated carbocycles. The first kappa shape index (κ1) is 20.8. The van der Waals surface area contributed by atoms with Gasteiger partial charge in [0.2, 0.25) is 0 Å². The number of rotatable bonds is 9. The number of piperidine rings is 1. The summed E-state index contributed by atoms with van der Waals surface area (Å²) in [5, 5.41) is 6.94. The van der Waals surface area contributed by atoms with Crippen molar-refractivity contribution < 1.29 is 4.42 Å². The first-order chi connectivity index (χ1) is 12.7. The van der Waals surface area contributed by atoms with Gasteiger partial charge in [0.15, 0.2) is 5.96 Å². The molecule has 6 heteroatoms. The highest BCUT2D eigenvalue weighted by atomic mass is 16.3. The molecule has 1 aliphatic heterocycles. The van der Waals surface area contributed by atoms with E-state index in [2.05, 4.69) is 52.3 Å². The van der Waals surface area contributed by atoms with Crippen molar-refractivity contribution in [1.29, 1.82) is 0 Å². The van der Waals surface area contributed by atoms with E-state index in [4.69, 9.17) is 4.42 Å². The molecule has 0 bridgehead atoms. The Morgan fingerprint density at radius 2 is 2.04 bits per heavy atom. The number of nitrogens with one attached hydrogen (secondary N) is 2. The minimum atomic E-state index is 0.256. The number of aliphatic imine (C=N–C) groups is 1. The molecule has 1 atom stereocenters. The quantitative estimate of drug-likeness (QED) is 0.522. The topological polar surface area (TPSA) is 56.0 Å². The van der Waals surface area contributed by atoms with E-state index in [-0.39, 0.29) is 6.04 Å². The van der Waals surface area contributed by atoms with Crippen LogP contribution in [-0.4, -0.2) is 68.1 Å². The van der Waals surface area contributed by atoms with Crippen molar-refractivity contribution >= 4 is 5.96 Å². The molecule has 1 aromatic heterocycles. The molecule has 26 heavy (non-hydrogen) atoms. The predicted molar refractivity (Wildman–Crippen MR) is 109 cm³/mol. The Bertz CT molecular complexity index is 508. The van der Waals surface area contributed by atoms with Crippen molar-refractivity contribution in [3.05, 3.63) is 24.2 Å². The van der Waals surface area contributed by atoms with E-state index in [1.54, 1.807) is 6.26 Å². The fourth-order valence-corrected chi connectivity index (χ4v) is 3.63. The molecule has 2 heterocycles. The van der Waals surface area contributed by atoms with Crippen LogP contribution < -0.4 is 10.6 Å². The average molecular weight is 364 g/mol. The third-order valence-corrected chi connectivity index (χ3v) is 5.22. The first-order valence-corrected chi connectivity index (χ1v) is 10.1. The van der Waals surface area contributed by atoms with Crippen molar-refractivity contribution in [3.63, 3.8) is 0 Å². The number of hydrogen-bond acceptors (Lipinski definition) is 4. The van der Waals surface area contributed by atoms with Crippen LogP contribution in [0.1, 0.15) is 51.8 Å². The zero-order valence-electron chi connectivity index (χ0n) is 17.0. The summed E-state index contributed by atoms with van der Waals surface area (Å²) in [7, 11) is 1.83. The molecular formula is C20H37N5O. The molecule has 1 saturated heterocycles. The molecule has 0 aromatic carbocycles. The first-order valence-electron chi connectivity index (χ1n) is 10.1. The van der Waals surface area contributed by atoms with Crippen LogP contribution in [0.15, 0.2) is 27.8 Å². The standard InChI is InChI=1S/C20H37N5O/c1-5-24(17(2)3)14-11-22-20(21-4)23-16-18(19-10-9-15-26-19)25-12-7-6-8-13-25/h9-10,15,17-18H,5-8,11-14,16H2,1-4H3,(H2,21,22,23). The Balaban J connectivity index is 1.85. The number of likely N-dealkylation sites (N-methyl/N-ethyl adjacent to an activating group) is 1. The van der Waals surface area contributed by atoms with Crippen molar-refractivity contribution in [2.24, 2.45) is 4.99 Å². The maximum atomic E-state index is 5.72. The van der Waals surface area contributed by atoms with E-state index in [1.165, 1.54) is 19.3 Å². The lowest BCUT2D eigenvalue weighted by Crippen LogP contribution is -2.46. The maximum Gasteiger partial charge on any atom is 0.191 e. The molecule has 6 nitrogen and oxygen atoms in total. The minimum absolute atomic E-state index is 0.256. The van der Waals surface area contributed by atoms with Crippen LogP contribution in [0.2, 0.25) is 0 Å². The summed E-state index contributed by atoms with van der Waals surface area (Å²) in [5.74, 6) is 1.89. The van der Waals surface area contributed by atoms with Gasteiger partial charge in [-0.25, -0.2) is 0 Å². The van der Waals surface area contributed by atoms with Crippen LogP contribution in [-0.2, 0) is 0 Å². The normalized spacial score (nSPS) is 17.7. The van der Waals surface area contributed by atoms with E-state index >= 15 is 0 Å². The monoisotopic (exact) mass is 363 g/mol. The van der Waals surface area contributed by atoms with Crippen molar-refractivity contribution in [3.8, 4) is 0 Å². The molecule has 0 amide bonds. The second-order valence-electron chi connectivity index (χ2n) is 7.23. The highest BCUT2D eigenvalue weighted by Gasteiger charge is 2.24. The zero-order chi connectivity index (χ0) is 18.8. The molecule has 0 radical (unpaired) electrons. The molecule has 0 spiro atoms. The summed E-state index contributed by atoms with van der Waals surface area (Å²) in [6.07, 6.45) is 5.64. The summed E-state index contributed by atoms with van der Waals surface area (Å²) in [5.41, 5.74) is 0. The average Bonchev–Trinajstić information content (AvgIpc) is 3.18. The fourth-order valence-electron chi connectivity index (χ4n) is 3.63.